The highest BCUT2D eigenvalue weighted by molar-refractivity contribution is 9.10. The molecule has 0 aliphatic rings. The van der Waals surface area contributed by atoms with E-state index in [4.69, 9.17) is 16.3 Å². The lowest BCUT2D eigenvalue weighted by molar-refractivity contribution is 0.174. The summed E-state index contributed by atoms with van der Waals surface area (Å²) < 4.78 is 20.0. The van der Waals surface area contributed by atoms with Crippen LogP contribution in [0.4, 0.5) is 4.39 Å². The van der Waals surface area contributed by atoms with E-state index in [0.29, 0.717) is 29.4 Å². The third kappa shape index (κ3) is 5.79. The van der Waals surface area contributed by atoms with Gasteiger partial charge < -0.3 is 15.2 Å². The molecule has 6 heteroatoms. The molecule has 0 saturated carbocycles. The highest BCUT2D eigenvalue weighted by Crippen LogP contribution is 2.26. The highest BCUT2D eigenvalue weighted by Gasteiger charge is 2.10. The Labute approximate surface area is 177 Å². The Morgan fingerprint density at radius 2 is 1.82 bits per heavy atom. The predicted molar refractivity (Wildman–Crippen MR) is 113 cm³/mol. The number of aliphatic hydroxyl groups excluding tert-OH is 1. The molecule has 0 heterocycles. The number of halogens is 3. The first-order chi connectivity index (χ1) is 13.5. The molecule has 0 spiro atoms. The van der Waals surface area contributed by atoms with Gasteiger partial charge in [0.2, 0.25) is 0 Å². The molecule has 0 fully saturated rings. The van der Waals surface area contributed by atoms with Gasteiger partial charge in [0.1, 0.15) is 18.2 Å². The average Bonchev–Trinajstić information content (AvgIpc) is 2.69. The Balaban J connectivity index is 1.62. The number of nitrogens with one attached hydrogen (secondary N) is 1. The average molecular weight is 465 g/mol. The maximum Gasteiger partial charge on any atom is 0.124 e. The van der Waals surface area contributed by atoms with Crippen molar-refractivity contribution in [1.82, 2.24) is 5.32 Å². The molecule has 1 atom stereocenters. The van der Waals surface area contributed by atoms with Crippen molar-refractivity contribution in [3.63, 3.8) is 0 Å². The quantitative estimate of drug-likeness (QED) is 0.453. The Morgan fingerprint density at radius 3 is 2.57 bits per heavy atom. The van der Waals surface area contributed by atoms with E-state index < -0.39 is 6.10 Å². The first-order valence-corrected chi connectivity index (χ1v) is 9.99. The van der Waals surface area contributed by atoms with Crippen molar-refractivity contribution < 1.29 is 14.2 Å². The number of aliphatic hydroxyl groups is 1. The summed E-state index contributed by atoms with van der Waals surface area (Å²) in [5.41, 5.74) is 2.52. The number of hydrogen-bond acceptors (Lipinski definition) is 3. The van der Waals surface area contributed by atoms with E-state index in [1.54, 1.807) is 6.07 Å². The summed E-state index contributed by atoms with van der Waals surface area (Å²) in [7, 11) is 0. The van der Waals surface area contributed by atoms with Crippen LogP contribution in [0.5, 0.6) is 5.75 Å². The van der Waals surface area contributed by atoms with Gasteiger partial charge in [-0.05, 0) is 35.9 Å². The predicted octanol–water partition coefficient (Wildman–Crippen LogP) is 5.64. The van der Waals surface area contributed by atoms with Crippen LogP contribution in [0.15, 0.2) is 71.2 Å². The van der Waals surface area contributed by atoms with E-state index in [-0.39, 0.29) is 12.4 Å². The SMILES string of the molecule is O[C@H](CNCc1cc(Br)ccc1OCc1ccc(F)cc1Cl)c1ccccc1. The van der Waals surface area contributed by atoms with Crippen LogP contribution >= 0.6 is 27.5 Å². The van der Waals surface area contributed by atoms with Crippen LogP contribution in [0.1, 0.15) is 22.8 Å². The van der Waals surface area contributed by atoms with Crippen LogP contribution in [-0.2, 0) is 13.2 Å². The molecule has 0 amide bonds. The molecule has 0 bridgehead atoms. The van der Waals surface area contributed by atoms with Gasteiger partial charge in [0, 0.05) is 28.7 Å². The Hall–Kier alpha value is -1.92. The zero-order valence-electron chi connectivity index (χ0n) is 15.0. The molecule has 3 aromatic carbocycles. The molecule has 3 aromatic rings. The molecule has 146 valence electrons. The van der Waals surface area contributed by atoms with Gasteiger partial charge in [-0.25, -0.2) is 4.39 Å². The zero-order valence-corrected chi connectivity index (χ0v) is 17.4. The second-order valence-corrected chi connectivity index (χ2v) is 7.66. The molecule has 0 aliphatic heterocycles. The normalized spacial score (nSPS) is 12.0. The molecule has 3 nitrogen and oxygen atoms in total. The van der Waals surface area contributed by atoms with E-state index in [0.717, 1.165) is 15.6 Å². The molecular formula is C22H20BrClFNO2. The van der Waals surface area contributed by atoms with Crippen LogP contribution in [0.2, 0.25) is 5.02 Å². The van der Waals surface area contributed by atoms with Gasteiger partial charge in [0.15, 0.2) is 0 Å². The van der Waals surface area contributed by atoms with Crippen LogP contribution < -0.4 is 10.1 Å². The summed E-state index contributed by atoms with van der Waals surface area (Å²) in [4.78, 5) is 0. The lowest BCUT2D eigenvalue weighted by Crippen LogP contribution is -2.21. The van der Waals surface area contributed by atoms with Crippen molar-refractivity contribution in [3.8, 4) is 5.75 Å². The summed E-state index contributed by atoms with van der Waals surface area (Å²) in [6, 6.07) is 19.5. The molecule has 0 unspecified atom stereocenters. The van der Waals surface area contributed by atoms with Gasteiger partial charge in [-0.2, -0.15) is 0 Å². The van der Waals surface area contributed by atoms with Crippen molar-refractivity contribution in [2.75, 3.05) is 6.54 Å². The fraction of sp³-hybridized carbons (Fsp3) is 0.182. The fourth-order valence-corrected chi connectivity index (χ4v) is 3.39. The first-order valence-electron chi connectivity index (χ1n) is 8.82. The number of hydrogen-bond donors (Lipinski definition) is 2. The number of benzene rings is 3. The number of ether oxygens (including phenoxy) is 1. The van der Waals surface area contributed by atoms with Gasteiger partial charge >= 0.3 is 0 Å². The molecular weight excluding hydrogens is 445 g/mol. The largest absolute Gasteiger partial charge is 0.489 e. The topological polar surface area (TPSA) is 41.5 Å². The standard InChI is InChI=1S/C22H20BrClFNO2/c23-18-7-9-22(28-14-16-6-8-19(25)11-20(16)24)17(10-18)12-26-13-21(27)15-4-2-1-3-5-15/h1-11,21,26-27H,12-14H2/t21-/m1/s1. The Bertz CT molecular complexity index is 924. The monoisotopic (exact) mass is 463 g/mol. The second kappa shape index (κ2) is 10.0. The van der Waals surface area contributed by atoms with E-state index >= 15 is 0 Å². The third-order valence-corrected chi connectivity index (χ3v) is 5.10. The second-order valence-electron chi connectivity index (χ2n) is 6.33. The highest BCUT2D eigenvalue weighted by atomic mass is 79.9. The molecule has 0 saturated heterocycles. The summed E-state index contributed by atoms with van der Waals surface area (Å²) in [5, 5.41) is 13.9. The maximum absolute atomic E-state index is 13.2. The zero-order chi connectivity index (χ0) is 19.9. The Kier molecular flexibility index (Phi) is 7.45. The smallest absolute Gasteiger partial charge is 0.124 e. The van der Waals surface area contributed by atoms with Crippen molar-refractivity contribution in [1.29, 1.82) is 0 Å². The molecule has 3 rings (SSSR count). The van der Waals surface area contributed by atoms with E-state index in [9.17, 15) is 9.50 Å². The van der Waals surface area contributed by atoms with Gasteiger partial charge in [-0.3, -0.25) is 0 Å². The van der Waals surface area contributed by atoms with Crippen molar-refractivity contribution >= 4 is 27.5 Å². The van der Waals surface area contributed by atoms with Crippen LogP contribution in [0, 0.1) is 5.82 Å². The summed E-state index contributed by atoms with van der Waals surface area (Å²) in [5.74, 6) is 0.324. The van der Waals surface area contributed by atoms with Gasteiger partial charge in [0.05, 0.1) is 11.1 Å². The minimum absolute atomic E-state index is 0.236. The van der Waals surface area contributed by atoms with Crippen molar-refractivity contribution in [2.24, 2.45) is 0 Å². The first kappa shape index (κ1) is 20.8. The van der Waals surface area contributed by atoms with E-state index in [1.807, 2.05) is 48.5 Å². The minimum Gasteiger partial charge on any atom is -0.489 e. The molecule has 28 heavy (non-hydrogen) atoms. The van der Waals surface area contributed by atoms with E-state index in [1.165, 1.54) is 12.1 Å². The van der Waals surface area contributed by atoms with Crippen LogP contribution in [0.3, 0.4) is 0 Å². The minimum atomic E-state index is -0.587. The van der Waals surface area contributed by atoms with Crippen molar-refractivity contribution in [3.05, 3.63) is 98.7 Å². The molecule has 0 aromatic heterocycles. The van der Waals surface area contributed by atoms with Gasteiger partial charge in [-0.1, -0.05) is 63.9 Å². The number of rotatable bonds is 8. The van der Waals surface area contributed by atoms with Gasteiger partial charge in [-0.15, -0.1) is 0 Å². The van der Waals surface area contributed by atoms with Crippen LogP contribution in [0.25, 0.3) is 0 Å². The van der Waals surface area contributed by atoms with Crippen molar-refractivity contribution in [2.45, 2.75) is 19.3 Å². The lowest BCUT2D eigenvalue weighted by Gasteiger charge is -2.15. The van der Waals surface area contributed by atoms with Crippen LogP contribution in [-0.4, -0.2) is 11.7 Å². The molecule has 2 N–H and O–H groups in total. The maximum atomic E-state index is 13.2. The van der Waals surface area contributed by atoms with E-state index in [2.05, 4.69) is 21.2 Å². The Morgan fingerprint density at radius 1 is 1.04 bits per heavy atom. The molecule has 0 radical (unpaired) electrons. The summed E-state index contributed by atoms with van der Waals surface area (Å²) >= 11 is 9.54. The third-order valence-electron chi connectivity index (χ3n) is 4.26. The lowest BCUT2D eigenvalue weighted by atomic mass is 10.1. The fourth-order valence-electron chi connectivity index (χ4n) is 2.76. The summed E-state index contributed by atoms with van der Waals surface area (Å²) in [6.07, 6.45) is -0.587. The summed E-state index contributed by atoms with van der Waals surface area (Å²) in [6.45, 7) is 1.18. The van der Waals surface area contributed by atoms with Gasteiger partial charge in [0.25, 0.3) is 0 Å². The molecule has 0 aliphatic carbocycles.